The van der Waals surface area contributed by atoms with E-state index in [0.717, 1.165) is 5.56 Å². The van der Waals surface area contributed by atoms with E-state index >= 15 is 0 Å². The molecule has 2 aromatic rings. The summed E-state index contributed by atoms with van der Waals surface area (Å²) in [6.45, 7) is 1.05. The lowest BCUT2D eigenvalue weighted by Gasteiger charge is -2.23. The van der Waals surface area contributed by atoms with Crippen LogP contribution in [0.25, 0.3) is 0 Å². The zero-order valence-corrected chi connectivity index (χ0v) is 12.4. The van der Waals surface area contributed by atoms with Gasteiger partial charge in [0.1, 0.15) is 9.39 Å². The molecule has 0 aliphatic heterocycles. The van der Waals surface area contributed by atoms with E-state index in [2.05, 4.69) is 9.97 Å². The fraction of sp³-hybridized carbons (Fsp3) is 0.231. The number of rotatable bonds is 5. The number of aromatic amines is 1. The molecule has 2 rings (SSSR count). The minimum absolute atomic E-state index is 0.0113. The molecule has 1 heterocycles. The molecular formula is C13H14IN3O2. The minimum atomic E-state index is -0.165. The van der Waals surface area contributed by atoms with Crippen LogP contribution >= 0.6 is 22.6 Å². The second-order valence-corrected chi connectivity index (χ2v) is 5.08. The van der Waals surface area contributed by atoms with Gasteiger partial charge >= 0.3 is 0 Å². The second kappa shape index (κ2) is 6.67. The highest BCUT2D eigenvalue weighted by molar-refractivity contribution is 14.1. The summed E-state index contributed by atoms with van der Waals surface area (Å²) in [5.74, 6) is 0.599. The summed E-state index contributed by atoms with van der Waals surface area (Å²) in [6, 6.07) is 9.88. The molecule has 0 fully saturated rings. The molecule has 1 aromatic carbocycles. The number of aliphatic hydroxyl groups is 1. The highest BCUT2D eigenvalue weighted by Gasteiger charge is 2.13. The topological polar surface area (TPSA) is 69.2 Å². The van der Waals surface area contributed by atoms with Gasteiger partial charge < -0.3 is 15.0 Å². The van der Waals surface area contributed by atoms with Crippen LogP contribution in [-0.4, -0.2) is 28.2 Å². The molecule has 0 aliphatic carbocycles. The fourth-order valence-electron chi connectivity index (χ4n) is 1.78. The number of aliphatic hydroxyl groups excluding tert-OH is 1. The summed E-state index contributed by atoms with van der Waals surface area (Å²) in [5.41, 5.74) is 0.940. The lowest BCUT2D eigenvalue weighted by atomic mass is 10.2. The van der Waals surface area contributed by atoms with Crippen molar-refractivity contribution in [1.82, 2.24) is 9.97 Å². The van der Waals surface area contributed by atoms with E-state index in [1.165, 1.54) is 6.33 Å². The fourth-order valence-corrected chi connectivity index (χ4v) is 2.41. The third-order valence-electron chi connectivity index (χ3n) is 2.66. The molecule has 0 amide bonds. The molecule has 0 atom stereocenters. The van der Waals surface area contributed by atoms with Gasteiger partial charge in [0.15, 0.2) is 0 Å². The summed E-state index contributed by atoms with van der Waals surface area (Å²) in [5, 5.41) is 9.18. The number of anilines is 1. The van der Waals surface area contributed by atoms with Crippen LogP contribution in [0.5, 0.6) is 0 Å². The van der Waals surface area contributed by atoms with E-state index in [-0.39, 0.29) is 12.2 Å². The third-order valence-corrected chi connectivity index (χ3v) is 3.64. The van der Waals surface area contributed by atoms with Crippen molar-refractivity contribution in [3.63, 3.8) is 0 Å². The predicted octanol–water partition coefficient (Wildman–Crippen LogP) is 1.37. The van der Waals surface area contributed by atoms with Crippen molar-refractivity contribution in [3.8, 4) is 0 Å². The predicted molar refractivity (Wildman–Crippen MR) is 82.2 cm³/mol. The molecular weight excluding hydrogens is 357 g/mol. The van der Waals surface area contributed by atoms with Gasteiger partial charge in [-0.2, -0.15) is 0 Å². The van der Waals surface area contributed by atoms with Crippen molar-refractivity contribution in [2.45, 2.75) is 6.54 Å². The van der Waals surface area contributed by atoms with Gasteiger partial charge in [-0.1, -0.05) is 30.3 Å². The summed E-state index contributed by atoms with van der Waals surface area (Å²) in [4.78, 5) is 20.2. The molecule has 0 aliphatic rings. The highest BCUT2D eigenvalue weighted by Crippen LogP contribution is 2.17. The molecule has 0 saturated carbocycles. The molecule has 5 nitrogen and oxygen atoms in total. The Morgan fingerprint density at radius 2 is 2.05 bits per heavy atom. The average Bonchev–Trinajstić information content (AvgIpc) is 2.43. The van der Waals surface area contributed by atoms with Crippen molar-refractivity contribution in [2.75, 3.05) is 18.1 Å². The van der Waals surface area contributed by atoms with Gasteiger partial charge in [0.25, 0.3) is 5.56 Å². The first-order chi connectivity index (χ1) is 9.22. The van der Waals surface area contributed by atoms with Crippen molar-refractivity contribution in [1.29, 1.82) is 0 Å². The number of benzene rings is 1. The number of aromatic nitrogens is 2. The molecule has 0 unspecified atom stereocenters. The largest absolute Gasteiger partial charge is 0.395 e. The Labute approximate surface area is 124 Å². The van der Waals surface area contributed by atoms with Crippen LogP contribution in [0, 0.1) is 3.57 Å². The number of nitrogens with zero attached hydrogens (tertiary/aromatic N) is 2. The number of hydrogen-bond donors (Lipinski definition) is 2. The lowest BCUT2D eigenvalue weighted by molar-refractivity contribution is 0.301. The van der Waals surface area contributed by atoms with Gasteiger partial charge in [-0.25, -0.2) is 4.98 Å². The molecule has 0 radical (unpaired) electrons. The van der Waals surface area contributed by atoms with E-state index in [0.29, 0.717) is 22.5 Å². The average molecular weight is 371 g/mol. The van der Waals surface area contributed by atoms with Crippen LogP contribution < -0.4 is 10.5 Å². The summed E-state index contributed by atoms with van der Waals surface area (Å²) in [6.07, 6.45) is 1.38. The molecule has 6 heteroatoms. The van der Waals surface area contributed by atoms with Gasteiger partial charge in [-0.05, 0) is 28.2 Å². The number of nitrogens with one attached hydrogen (secondary N) is 1. The zero-order valence-electron chi connectivity index (χ0n) is 10.2. The van der Waals surface area contributed by atoms with Crippen molar-refractivity contribution < 1.29 is 5.11 Å². The van der Waals surface area contributed by atoms with Gasteiger partial charge in [0.05, 0.1) is 12.9 Å². The Kier molecular flexibility index (Phi) is 4.92. The molecule has 19 heavy (non-hydrogen) atoms. The first-order valence-corrected chi connectivity index (χ1v) is 6.93. The molecule has 100 valence electrons. The Morgan fingerprint density at radius 3 is 2.74 bits per heavy atom. The molecule has 2 N–H and O–H groups in total. The molecule has 1 aromatic heterocycles. The summed E-state index contributed by atoms with van der Waals surface area (Å²) >= 11 is 1.97. The smallest absolute Gasteiger partial charge is 0.266 e. The van der Waals surface area contributed by atoms with Gasteiger partial charge in [0, 0.05) is 13.1 Å². The second-order valence-electron chi connectivity index (χ2n) is 4.00. The first kappa shape index (κ1) is 14.0. The molecule has 0 bridgehead atoms. The highest BCUT2D eigenvalue weighted by atomic mass is 127. The number of H-pyrrole nitrogens is 1. The van der Waals surface area contributed by atoms with Crippen molar-refractivity contribution in [3.05, 3.63) is 56.1 Å². The third kappa shape index (κ3) is 3.54. The summed E-state index contributed by atoms with van der Waals surface area (Å²) < 4.78 is 0.532. The quantitative estimate of drug-likeness (QED) is 0.780. The van der Waals surface area contributed by atoms with E-state index in [4.69, 9.17) is 0 Å². The number of halogens is 1. The van der Waals surface area contributed by atoms with Crippen molar-refractivity contribution >= 4 is 28.4 Å². The lowest BCUT2D eigenvalue weighted by Crippen LogP contribution is -2.30. The van der Waals surface area contributed by atoms with E-state index in [9.17, 15) is 9.90 Å². The maximum Gasteiger partial charge on any atom is 0.266 e. The molecule has 0 saturated heterocycles. The van der Waals surface area contributed by atoms with Gasteiger partial charge in [0.2, 0.25) is 0 Å². The van der Waals surface area contributed by atoms with E-state index in [1.54, 1.807) is 0 Å². The van der Waals surface area contributed by atoms with E-state index < -0.39 is 0 Å². The SMILES string of the molecule is O=c1[nH]cnc(N(CCO)Cc2ccccc2)c1I. The standard InChI is InChI=1S/C13H14IN3O2/c14-11-12(15-9-16-13(11)19)17(6-7-18)8-10-4-2-1-3-5-10/h1-5,9,18H,6-8H2,(H,15,16,19). The number of hydrogen-bond acceptors (Lipinski definition) is 4. The van der Waals surface area contributed by atoms with Crippen molar-refractivity contribution in [2.24, 2.45) is 0 Å². The zero-order chi connectivity index (χ0) is 13.7. The Morgan fingerprint density at radius 1 is 1.32 bits per heavy atom. The maximum absolute atomic E-state index is 11.6. The van der Waals surface area contributed by atoms with Crippen LogP contribution in [0.15, 0.2) is 41.5 Å². The Bertz CT molecular complexity index is 586. The maximum atomic E-state index is 11.6. The molecule has 0 spiro atoms. The van der Waals surface area contributed by atoms with Crippen LogP contribution in [0.3, 0.4) is 0 Å². The Balaban J connectivity index is 2.30. The van der Waals surface area contributed by atoms with Crippen LogP contribution in [0.2, 0.25) is 0 Å². The van der Waals surface area contributed by atoms with Crippen LogP contribution in [0.4, 0.5) is 5.82 Å². The van der Waals surface area contributed by atoms with Crippen LogP contribution in [0.1, 0.15) is 5.56 Å². The van der Waals surface area contributed by atoms with Gasteiger partial charge in [-0.15, -0.1) is 0 Å². The Hall–Kier alpha value is -1.41. The van der Waals surface area contributed by atoms with Gasteiger partial charge in [-0.3, -0.25) is 4.79 Å². The van der Waals surface area contributed by atoms with Crippen LogP contribution in [-0.2, 0) is 6.54 Å². The van der Waals surface area contributed by atoms with E-state index in [1.807, 2.05) is 57.8 Å². The normalized spacial score (nSPS) is 10.4. The first-order valence-electron chi connectivity index (χ1n) is 5.85. The minimum Gasteiger partial charge on any atom is -0.395 e. The monoisotopic (exact) mass is 371 g/mol. The summed E-state index contributed by atoms with van der Waals surface area (Å²) in [7, 11) is 0.